The van der Waals surface area contributed by atoms with Crippen molar-refractivity contribution in [3.63, 3.8) is 0 Å². The number of rotatable bonds is 9. The third-order valence-electron chi connectivity index (χ3n) is 5.28. The molecule has 6 nitrogen and oxygen atoms in total. The minimum absolute atomic E-state index is 0.107. The topological polar surface area (TPSA) is 72.7 Å². The maximum absolute atomic E-state index is 12.6. The molecule has 6 heteroatoms. The van der Waals surface area contributed by atoms with Crippen LogP contribution in [0.15, 0.2) is 65.3 Å². The van der Waals surface area contributed by atoms with E-state index < -0.39 is 0 Å². The van der Waals surface area contributed by atoms with Gasteiger partial charge in [0.1, 0.15) is 23.4 Å². The molecule has 2 aromatic carbocycles. The Kier molecular flexibility index (Phi) is 6.57. The second-order valence-electron chi connectivity index (χ2n) is 7.65. The van der Waals surface area contributed by atoms with Crippen molar-refractivity contribution in [3.8, 4) is 11.5 Å². The molecule has 31 heavy (non-hydrogen) atoms. The molecule has 2 N–H and O–H groups in total. The van der Waals surface area contributed by atoms with Gasteiger partial charge in [-0.05, 0) is 43.7 Å². The lowest BCUT2D eigenvalue weighted by molar-refractivity contribution is -0.120. The molecule has 0 spiro atoms. The van der Waals surface area contributed by atoms with Crippen LogP contribution < -0.4 is 20.1 Å². The van der Waals surface area contributed by atoms with E-state index in [1.165, 1.54) is 0 Å². The van der Waals surface area contributed by atoms with Crippen molar-refractivity contribution < 1.29 is 18.7 Å². The van der Waals surface area contributed by atoms with Crippen molar-refractivity contribution in [2.24, 2.45) is 0 Å². The van der Waals surface area contributed by atoms with Crippen molar-refractivity contribution in [2.75, 3.05) is 13.2 Å². The highest BCUT2D eigenvalue weighted by Crippen LogP contribution is 2.35. The lowest BCUT2D eigenvalue weighted by atomic mass is 10.0. The molecule has 1 aliphatic heterocycles. The minimum Gasteiger partial charge on any atom is -0.494 e. The van der Waals surface area contributed by atoms with Crippen LogP contribution in [-0.2, 0) is 17.8 Å². The number of furan rings is 1. The van der Waals surface area contributed by atoms with Gasteiger partial charge in [-0.3, -0.25) is 10.1 Å². The summed E-state index contributed by atoms with van der Waals surface area (Å²) >= 11 is 0. The van der Waals surface area contributed by atoms with Gasteiger partial charge in [-0.25, -0.2) is 0 Å². The first-order valence-electron chi connectivity index (χ1n) is 10.7. The van der Waals surface area contributed by atoms with E-state index in [1.54, 1.807) is 6.26 Å². The minimum atomic E-state index is -0.198. The van der Waals surface area contributed by atoms with E-state index in [2.05, 4.69) is 17.6 Å². The number of hydrogen-bond donors (Lipinski definition) is 2. The van der Waals surface area contributed by atoms with Gasteiger partial charge in [0.15, 0.2) is 0 Å². The van der Waals surface area contributed by atoms with E-state index in [4.69, 9.17) is 13.9 Å². The van der Waals surface area contributed by atoms with E-state index in [9.17, 15) is 4.79 Å². The molecule has 0 unspecified atom stereocenters. The van der Waals surface area contributed by atoms with Gasteiger partial charge in [0.25, 0.3) is 0 Å². The zero-order chi connectivity index (χ0) is 21.6. The van der Waals surface area contributed by atoms with Crippen molar-refractivity contribution in [1.29, 1.82) is 0 Å². The number of hydrogen-bond acceptors (Lipinski definition) is 5. The lowest BCUT2D eigenvalue weighted by Crippen LogP contribution is -2.35. The van der Waals surface area contributed by atoms with Crippen LogP contribution in [0.5, 0.6) is 11.5 Å². The van der Waals surface area contributed by atoms with Crippen molar-refractivity contribution in [3.05, 3.63) is 83.3 Å². The molecule has 2 atom stereocenters. The van der Waals surface area contributed by atoms with Gasteiger partial charge >= 0.3 is 0 Å². The number of nitrogens with one attached hydrogen (secondary N) is 2. The average Bonchev–Trinajstić information content (AvgIpc) is 3.42. The second kappa shape index (κ2) is 9.71. The molecule has 0 radical (unpaired) electrons. The van der Waals surface area contributed by atoms with E-state index in [1.807, 2.05) is 61.5 Å². The fourth-order valence-corrected chi connectivity index (χ4v) is 3.84. The molecule has 0 bridgehead atoms. The molecule has 1 aliphatic rings. The van der Waals surface area contributed by atoms with Crippen molar-refractivity contribution in [1.82, 2.24) is 10.6 Å². The molecule has 3 aromatic rings. The first-order chi connectivity index (χ1) is 15.1. The molecule has 4 rings (SSSR count). The Labute approximate surface area is 182 Å². The zero-order valence-corrected chi connectivity index (χ0v) is 17.9. The van der Waals surface area contributed by atoms with Crippen LogP contribution in [0, 0.1) is 0 Å². The molecule has 1 amide bonds. The summed E-state index contributed by atoms with van der Waals surface area (Å²) in [5.41, 5.74) is 3.10. The monoisotopic (exact) mass is 420 g/mol. The Morgan fingerprint density at radius 3 is 2.77 bits per heavy atom. The Hall–Kier alpha value is -3.25. The Morgan fingerprint density at radius 1 is 1.19 bits per heavy atom. The average molecular weight is 421 g/mol. The molecule has 2 heterocycles. The molecule has 0 aliphatic carbocycles. The molecular formula is C25H28N2O4. The third kappa shape index (κ3) is 5.09. The summed E-state index contributed by atoms with van der Waals surface area (Å²) in [5.74, 6) is 2.33. The van der Waals surface area contributed by atoms with Gasteiger partial charge < -0.3 is 19.2 Å². The highest BCUT2D eigenvalue weighted by molar-refractivity contribution is 5.78. The van der Waals surface area contributed by atoms with Crippen LogP contribution >= 0.6 is 0 Å². The van der Waals surface area contributed by atoms with Gasteiger partial charge in [-0.15, -0.1) is 0 Å². The molecule has 0 saturated carbocycles. The van der Waals surface area contributed by atoms with E-state index >= 15 is 0 Å². The number of benzene rings is 2. The number of carbonyl (C=O) groups is 1. The van der Waals surface area contributed by atoms with Gasteiger partial charge in [-0.2, -0.15) is 0 Å². The quantitative estimate of drug-likeness (QED) is 0.548. The first-order valence-corrected chi connectivity index (χ1v) is 10.7. The number of amides is 1. The Bertz CT molecular complexity index is 1000. The Balaban J connectivity index is 1.39. The van der Waals surface area contributed by atoms with Crippen molar-refractivity contribution in [2.45, 2.75) is 39.0 Å². The lowest BCUT2D eigenvalue weighted by Gasteiger charge is -2.17. The predicted molar refractivity (Wildman–Crippen MR) is 118 cm³/mol. The van der Waals surface area contributed by atoms with Crippen molar-refractivity contribution >= 4 is 5.91 Å². The second-order valence-corrected chi connectivity index (χ2v) is 7.65. The van der Waals surface area contributed by atoms with Gasteiger partial charge in [0, 0.05) is 24.1 Å². The van der Waals surface area contributed by atoms with E-state index in [0.717, 1.165) is 40.4 Å². The SMILES string of the molecule is CCOc1cc2c(cc1CNC(=O)CN[C@H](c1ccccc1)c1ccco1)O[C@H](C)C2. The van der Waals surface area contributed by atoms with Crippen LogP contribution in [0.1, 0.15) is 42.3 Å². The van der Waals surface area contributed by atoms with E-state index in [0.29, 0.717) is 13.2 Å². The molecular weight excluding hydrogens is 392 g/mol. The predicted octanol–water partition coefficient (Wildman–Crippen LogP) is 4.00. The highest BCUT2D eigenvalue weighted by atomic mass is 16.5. The summed E-state index contributed by atoms with van der Waals surface area (Å²) in [5, 5.41) is 6.28. The van der Waals surface area contributed by atoms with Crippen LogP contribution in [0.2, 0.25) is 0 Å². The smallest absolute Gasteiger partial charge is 0.234 e. The largest absolute Gasteiger partial charge is 0.494 e. The number of carbonyl (C=O) groups excluding carboxylic acids is 1. The summed E-state index contributed by atoms with van der Waals surface area (Å²) in [6, 6.07) is 17.5. The summed E-state index contributed by atoms with van der Waals surface area (Å²) in [6.45, 7) is 5.10. The van der Waals surface area contributed by atoms with E-state index in [-0.39, 0.29) is 24.6 Å². The molecule has 0 fully saturated rings. The van der Waals surface area contributed by atoms with Crippen LogP contribution in [-0.4, -0.2) is 25.2 Å². The van der Waals surface area contributed by atoms with Gasteiger partial charge in [0.05, 0.1) is 25.5 Å². The standard InChI is InChI=1S/C25H28N2O4/c1-3-29-22-13-19-12-17(2)31-23(19)14-20(22)15-26-24(28)16-27-25(21-10-7-11-30-21)18-8-5-4-6-9-18/h4-11,13-14,17,25,27H,3,12,15-16H2,1-2H3,(H,26,28)/t17-,25-/m1/s1. The first kappa shape index (κ1) is 21.0. The van der Waals surface area contributed by atoms with Crippen LogP contribution in [0.3, 0.4) is 0 Å². The van der Waals surface area contributed by atoms with Gasteiger partial charge in [0.2, 0.25) is 5.91 Å². The zero-order valence-electron chi connectivity index (χ0n) is 17.9. The summed E-state index contributed by atoms with van der Waals surface area (Å²) < 4.78 is 17.2. The maximum Gasteiger partial charge on any atom is 0.234 e. The molecule has 162 valence electrons. The fraction of sp³-hybridized carbons (Fsp3) is 0.320. The highest BCUT2D eigenvalue weighted by Gasteiger charge is 2.22. The summed E-state index contributed by atoms with van der Waals surface area (Å²) in [6.07, 6.45) is 2.67. The summed E-state index contributed by atoms with van der Waals surface area (Å²) in [7, 11) is 0. The number of ether oxygens (including phenoxy) is 2. The van der Waals surface area contributed by atoms with Crippen LogP contribution in [0.4, 0.5) is 0 Å². The number of fused-ring (bicyclic) bond motifs is 1. The molecule has 0 saturated heterocycles. The van der Waals surface area contributed by atoms with Crippen LogP contribution in [0.25, 0.3) is 0 Å². The fourth-order valence-electron chi connectivity index (χ4n) is 3.84. The maximum atomic E-state index is 12.6. The Morgan fingerprint density at radius 2 is 2.03 bits per heavy atom. The van der Waals surface area contributed by atoms with Gasteiger partial charge in [-0.1, -0.05) is 30.3 Å². The summed E-state index contributed by atoms with van der Waals surface area (Å²) in [4.78, 5) is 12.6. The normalized spacial score (nSPS) is 15.7. The molecule has 1 aromatic heterocycles. The third-order valence-corrected chi connectivity index (χ3v) is 5.28.